The number of unbranched alkanes of at least 4 members (excludes halogenated alkanes) is 2. The molecule has 1 aliphatic rings. The first-order valence-electron chi connectivity index (χ1n) is 15.1. The summed E-state index contributed by atoms with van der Waals surface area (Å²) in [5.41, 5.74) is -0.802. The van der Waals surface area contributed by atoms with Crippen molar-refractivity contribution in [3.63, 3.8) is 0 Å². The molecule has 4 aromatic carbocycles. The summed E-state index contributed by atoms with van der Waals surface area (Å²) in [4.78, 5) is 0. The largest absolute Gasteiger partial charge is 0.429 e. The standard InChI is InChI=1S/C36H32F8O/c1-2-3-4-5-21-6-8-23(9-7-21)28-16-17-29(34(41)33(28)40)36(43,44)45-26-13-10-22(11-14-26)24-12-15-27(30(37)18-24)25-19-31(38)35(42)32(39)20-25/h10-21,23H,2-9H2,1H3. The van der Waals surface area contributed by atoms with Crippen molar-refractivity contribution in [1.29, 1.82) is 0 Å². The number of alkyl halides is 2. The highest BCUT2D eigenvalue weighted by Crippen LogP contribution is 2.42. The third-order valence-electron chi connectivity index (χ3n) is 8.63. The van der Waals surface area contributed by atoms with E-state index < -0.39 is 46.6 Å². The van der Waals surface area contributed by atoms with Crippen molar-refractivity contribution in [3.05, 3.63) is 113 Å². The van der Waals surface area contributed by atoms with Crippen molar-refractivity contribution in [2.75, 3.05) is 0 Å². The molecule has 0 aromatic heterocycles. The molecule has 0 aliphatic heterocycles. The summed E-state index contributed by atoms with van der Waals surface area (Å²) in [5.74, 6) is -8.39. The highest BCUT2D eigenvalue weighted by Gasteiger charge is 2.40. The molecule has 0 bridgehead atoms. The lowest BCUT2D eigenvalue weighted by Crippen LogP contribution is -2.25. The van der Waals surface area contributed by atoms with E-state index in [4.69, 9.17) is 4.74 Å². The van der Waals surface area contributed by atoms with Gasteiger partial charge in [0, 0.05) is 5.56 Å². The minimum atomic E-state index is -4.19. The first-order valence-corrected chi connectivity index (χ1v) is 15.1. The van der Waals surface area contributed by atoms with Crippen LogP contribution in [0.15, 0.2) is 66.7 Å². The van der Waals surface area contributed by atoms with Crippen molar-refractivity contribution in [3.8, 4) is 28.0 Å². The Morgan fingerprint density at radius 3 is 1.89 bits per heavy atom. The van der Waals surface area contributed by atoms with Gasteiger partial charge in [0.05, 0.1) is 0 Å². The van der Waals surface area contributed by atoms with E-state index in [1.54, 1.807) is 0 Å². The molecule has 0 amide bonds. The fraction of sp³-hybridized carbons (Fsp3) is 0.333. The highest BCUT2D eigenvalue weighted by molar-refractivity contribution is 5.71. The van der Waals surface area contributed by atoms with Crippen LogP contribution in [0.5, 0.6) is 5.75 Å². The average molecular weight is 633 g/mol. The van der Waals surface area contributed by atoms with E-state index in [0.717, 1.165) is 44.2 Å². The molecule has 0 atom stereocenters. The van der Waals surface area contributed by atoms with Gasteiger partial charge in [0.2, 0.25) is 0 Å². The molecule has 1 aliphatic carbocycles. The summed E-state index contributed by atoms with van der Waals surface area (Å²) < 4.78 is 120. The Labute approximate surface area is 256 Å². The zero-order chi connectivity index (χ0) is 32.3. The first-order chi connectivity index (χ1) is 21.5. The summed E-state index contributed by atoms with van der Waals surface area (Å²) in [5, 5.41) is 0. The van der Waals surface area contributed by atoms with Gasteiger partial charge in [0.15, 0.2) is 29.1 Å². The van der Waals surface area contributed by atoms with Crippen LogP contribution in [0.25, 0.3) is 22.3 Å². The Bertz CT molecular complexity index is 1620. The quantitative estimate of drug-likeness (QED) is 0.0960. The number of hydrogen-bond donors (Lipinski definition) is 0. The highest BCUT2D eigenvalue weighted by atomic mass is 19.3. The number of halogens is 8. The molecule has 0 radical (unpaired) electrons. The van der Waals surface area contributed by atoms with Crippen LogP contribution in [0, 0.1) is 40.8 Å². The fourth-order valence-electron chi connectivity index (χ4n) is 6.11. The van der Waals surface area contributed by atoms with Crippen LogP contribution in [-0.2, 0) is 6.11 Å². The molecule has 0 saturated heterocycles. The van der Waals surface area contributed by atoms with Gasteiger partial charge in [-0.15, -0.1) is 0 Å². The van der Waals surface area contributed by atoms with Gasteiger partial charge in [-0.1, -0.05) is 62.9 Å². The van der Waals surface area contributed by atoms with E-state index in [0.29, 0.717) is 42.0 Å². The summed E-state index contributed by atoms with van der Waals surface area (Å²) in [6.45, 7) is 2.14. The van der Waals surface area contributed by atoms with Crippen LogP contribution < -0.4 is 4.74 Å². The Balaban J connectivity index is 1.27. The molecule has 238 valence electrons. The summed E-state index contributed by atoms with van der Waals surface area (Å²) in [7, 11) is 0. The maximum absolute atomic E-state index is 15.1. The van der Waals surface area contributed by atoms with Crippen molar-refractivity contribution in [2.45, 2.75) is 70.3 Å². The molecule has 1 nitrogen and oxygen atoms in total. The van der Waals surface area contributed by atoms with Crippen LogP contribution in [-0.4, -0.2) is 0 Å². The Hall–Kier alpha value is -3.88. The van der Waals surface area contributed by atoms with Gasteiger partial charge in [-0.3, -0.25) is 0 Å². The molecule has 1 fully saturated rings. The molecule has 1 saturated carbocycles. The van der Waals surface area contributed by atoms with Gasteiger partial charge >= 0.3 is 6.11 Å². The van der Waals surface area contributed by atoms with E-state index in [9.17, 15) is 17.6 Å². The van der Waals surface area contributed by atoms with Crippen molar-refractivity contribution < 1.29 is 39.9 Å². The minimum Gasteiger partial charge on any atom is -0.429 e. The molecular weight excluding hydrogens is 600 g/mol. The number of rotatable bonds is 10. The van der Waals surface area contributed by atoms with Crippen molar-refractivity contribution in [1.82, 2.24) is 0 Å². The zero-order valence-electron chi connectivity index (χ0n) is 24.6. The van der Waals surface area contributed by atoms with Crippen LogP contribution in [0.1, 0.15) is 75.3 Å². The van der Waals surface area contributed by atoms with E-state index in [-0.39, 0.29) is 28.4 Å². The Morgan fingerprint density at radius 2 is 1.27 bits per heavy atom. The lowest BCUT2D eigenvalue weighted by Gasteiger charge is -2.29. The molecule has 0 unspecified atom stereocenters. The van der Waals surface area contributed by atoms with Crippen molar-refractivity contribution >= 4 is 0 Å². The molecule has 0 N–H and O–H groups in total. The van der Waals surface area contributed by atoms with E-state index in [1.807, 2.05) is 0 Å². The first kappa shape index (κ1) is 32.5. The smallest absolute Gasteiger partial charge is 0.429 e. The van der Waals surface area contributed by atoms with Gasteiger partial charge in [-0.05, 0) is 96.2 Å². The average Bonchev–Trinajstić information content (AvgIpc) is 3.01. The van der Waals surface area contributed by atoms with Gasteiger partial charge in [0.1, 0.15) is 17.1 Å². The number of hydrogen-bond acceptors (Lipinski definition) is 1. The summed E-state index contributed by atoms with van der Waals surface area (Å²) in [6.07, 6.45) is 3.56. The molecule has 0 heterocycles. The predicted molar refractivity (Wildman–Crippen MR) is 157 cm³/mol. The molecule has 0 spiro atoms. The van der Waals surface area contributed by atoms with Crippen molar-refractivity contribution in [2.24, 2.45) is 5.92 Å². The van der Waals surface area contributed by atoms with Gasteiger partial charge in [-0.2, -0.15) is 8.78 Å². The summed E-state index contributed by atoms with van der Waals surface area (Å²) in [6, 6.07) is 12.2. The molecule has 4 aromatic rings. The van der Waals surface area contributed by atoms with E-state index in [1.165, 1.54) is 48.9 Å². The third-order valence-corrected chi connectivity index (χ3v) is 8.63. The van der Waals surface area contributed by atoms with Gasteiger partial charge < -0.3 is 4.74 Å². The number of benzene rings is 4. The second kappa shape index (κ2) is 13.6. The van der Waals surface area contributed by atoms with E-state index >= 15 is 17.6 Å². The Morgan fingerprint density at radius 1 is 0.644 bits per heavy atom. The molecule has 5 rings (SSSR count). The number of ether oxygens (including phenoxy) is 1. The minimum absolute atomic E-state index is 0.108. The lowest BCUT2D eigenvalue weighted by atomic mass is 9.76. The molecule has 45 heavy (non-hydrogen) atoms. The normalized spacial score (nSPS) is 17.0. The SMILES string of the molecule is CCCCCC1CCC(c2ccc(C(F)(F)Oc3ccc(-c4ccc(-c5cc(F)c(F)c(F)c5)c(F)c4)cc3)c(F)c2F)CC1. The topological polar surface area (TPSA) is 9.23 Å². The fourth-order valence-corrected chi connectivity index (χ4v) is 6.11. The zero-order valence-corrected chi connectivity index (χ0v) is 24.6. The lowest BCUT2D eigenvalue weighted by molar-refractivity contribution is -0.187. The monoisotopic (exact) mass is 632 g/mol. The van der Waals surface area contributed by atoms with Crippen LogP contribution in [0.2, 0.25) is 0 Å². The predicted octanol–water partition coefficient (Wildman–Crippen LogP) is 11.8. The maximum Gasteiger partial charge on any atom is 0.429 e. The van der Waals surface area contributed by atoms with Crippen LogP contribution >= 0.6 is 0 Å². The van der Waals surface area contributed by atoms with Gasteiger partial charge in [-0.25, -0.2) is 26.3 Å². The molecule has 9 heteroatoms. The van der Waals surface area contributed by atoms with Crippen LogP contribution in [0.4, 0.5) is 35.1 Å². The third kappa shape index (κ3) is 7.18. The maximum atomic E-state index is 15.1. The summed E-state index contributed by atoms with van der Waals surface area (Å²) >= 11 is 0. The second-order valence-electron chi connectivity index (χ2n) is 11.6. The molecular formula is C36H32F8O. The van der Waals surface area contributed by atoms with E-state index in [2.05, 4.69) is 6.92 Å². The second-order valence-corrected chi connectivity index (χ2v) is 11.6. The van der Waals surface area contributed by atoms with Gasteiger partial charge in [0.25, 0.3) is 0 Å². The van der Waals surface area contributed by atoms with Crippen LogP contribution in [0.3, 0.4) is 0 Å². The Kier molecular flexibility index (Phi) is 9.85.